The van der Waals surface area contributed by atoms with Gasteiger partial charge < -0.3 is 9.88 Å². The van der Waals surface area contributed by atoms with Crippen LogP contribution in [0.1, 0.15) is 15.9 Å². The molecule has 7 heteroatoms. The number of aromatic nitrogens is 4. The van der Waals surface area contributed by atoms with E-state index in [0.29, 0.717) is 11.4 Å². The highest BCUT2D eigenvalue weighted by Crippen LogP contribution is 2.19. The third-order valence-electron chi connectivity index (χ3n) is 4.02. The zero-order valence-electron chi connectivity index (χ0n) is 14.1. The summed E-state index contributed by atoms with van der Waals surface area (Å²) in [5.41, 5.74) is 1.69. The highest BCUT2D eigenvalue weighted by molar-refractivity contribution is 6.04. The van der Waals surface area contributed by atoms with Crippen molar-refractivity contribution >= 4 is 11.7 Å². The van der Waals surface area contributed by atoms with Gasteiger partial charge in [0.2, 0.25) is 0 Å². The Morgan fingerprint density at radius 2 is 1.81 bits per heavy atom. The monoisotopic (exact) mass is 354 g/mol. The van der Waals surface area contributed by atoms with E-state index >= 15 is 0 Å². The predicted octanol–water partition coefficient (Wildman–Crippen LogP) is 3.18. The van der Waals surface area contributed by atoms with E-state index in [1.165, 1.54) is 10.9 Å². The van der Waals surface area contributed by atoms with Crippen LogP contribution in [0.25, 0.3) is 11.5 Å². The molecule has 1 aromatic carbocycles. The number of anilines is 1. The van der Waals surface area contributed by atoms with Crippen LogP contribution in [-0.2, 0) is 0 Å². The SMILES string of the molecule is N#Cc1cnn(-c2ccccn2)c1NC(=O)c1ccc(-n2cccc2)cc1. The largest absolute Gasteiger partial charge is 0.324 e. The molecule has 3 aromatic heterocycles. The molecule has 0 spiro atoms. The van der Waals surface area contributed by atoms with Crippen LogP contribution >= 0.6 is 0 Å². The summed E-state index contributed by atoms with van der Waals surface area (Å²) in [6, 6.07) is 18.4. The third kappa shape index (κ3) is 3.19. The van der Waals surface area contributed by atoms with E-state index in [1.54, 1.807) is 30.5 Å². The van der Waals surface area contributed by atoms with Gasteiger partial charge in [-0.15, -0.1) is 0 Å². The molecule has 0 aliphatic rings. The van der Waals surface area contributed by atoms with E-state index in [-0.39, 0.29) is 17.3 Å². The van der Waals surface area contributed by atoms with Crippen LogP contribution in [0.4, 0.5) is 5.82 Å². The second kappa shape index (κ2) is 6.98. The maximum absolute atomic E-state index is 12.7. The summed E-state index contributed by atoms with van der Waals surface area (Å²) in [7, 11) is 0. The molecule has 27 heavy (non-hydrogen) atoms. The minimum absolute atomic E-state index is 0.262. The highest BCUT2D eigenvalue weighted by Gasteiger charge is 2.16. The van der Waals surface area contributed by atoms with Crippen molar-refractivity contribution in [3.63, 3.8) is 0 Å². The molecular weight excluding hydrogens is 340 g/mol. The predicted molar refractivity (Wildman–Crippen MR) is 99.8 cm³/mol. The van der Waals surface area contributed by atoms with E-state index in [9.17, 15) is 10.1 Å². The fraction of sp³-hybridized carbons (Fsp3) is 0. The number of carbonyl (C=O) groups excluding carboxylic acids is 1. The zero-order valence-corrected chi connectivity index (χ0v) is 14.1. The first kappa shape index (κ1) is 16.3. The van der Waals surface area contributed by atoms with Gasteiger partial charge in [0.15, 0.2) is 11.6 Å². The summed E-state index contributed by atoms with van der Waals surface area (Å²) < 4.78 is 3.39. The first-order chi connectivity index (χ1) is 13.3. The quantitative estimate of drug-likeness (QED) is 0.609. The van der Waals surface area contributed by atoms with Gasteiger partial charge in [-0.05, 0) is 48.5 Å². The number of hydrogen-bond acceptors (Lipinski definition) is 4. The number of carbonyl (C=O) groups is 1. The van der Waals surface area contributed by atoms with Crippen LogP contribution < -0.4 is 5.32 Å². The molecule has 0 bridgehead atoms. The lowest BCUT2D eigenvalue weighted by Gasteiger charge is -2.09. The number of nitrogens with one attached hydrogen (secondary N) is 1. The van der Waals surface area contributed by atoms with Gasteiger partial charge >= 0.3 is 0 Å². The Hall–Kier alpha value is -4.18. The smallest absolute Gasteiger partial charge is 0.256 e. The first-order valence-electron chi connectivity index (χ1n) is 8.20. The van der Waals surface area contributed by atoms with Crippen molar-refractivity contribution in [3.8, 4) is 17.6 Å². The zero-order chi connectivity index (χ0) is 18.6. The van der Waals surface area contributed by atoms with E-state index in [1.807, 2.05) is 53.4 Å². The van der Waals surface area contributed by atoms with Crippen molar-refractivity contribution < 1.29 is 4.79 Å². The van der Waals surface area contributed by atoms with Crippen molar-refractivity contribution in [1.82, 2.24) is 19.3 Å². The Balaban J connectivity index is 1.62. The maximum Gasteiger partial charge on any atom is 0.256 e. The molecule has 7 nitrogen and oxygen atoms in total. The molecule has 4 aromatic rings. The van der Waals surface area contributed by atoms with E-state index in [2.05, 4.69) is 15.4 Å². The minimum atomic E-state index is -0.330. The van der Waals surface area contributed by atoms with Gasteiger partial charge in [-0.1, -0.05) is 6.07 Å². The summed E-state index contributed by atoms with van der Waals surface area (Å²) in [6.45, 7) is 0. The van der Waals surface area contributed by atoms with E-state index in [4.69, 9.17) is 0 Å². The van der Waals surface area contributed by atoms with Gasteiger partial charge in [0.1, 0.15) is 11.6 Å². The van der Waals surface area contributed by atoms with Crippen LogP contribution in [0, 0.1) is 11.3 Å². The number of hydrogen-bond donors (Lipinski definition) is 1. The summed E-state index contributed by atoms with van der Waals surface area (Å²) in [5, 5.41) is 16.3. The van der Waals surface area contributed by atoms with E-state index in [0.717, 1.165) is 5.69 Å². The number of amides is 1. The molecule has 4 rings (SSSR count). The number of nitriles is 1. The van der Waals surface area contributed by atoms with Gasteiger partial charge in [0.05, 0.1) is 6.20 Å². The minimum Gasteiger partial charge on any atom is -0.324 e. The lowest BCUT2D eigenvalue weighted by Crippen LogP contribution is -2.16. The molecule has 0 aliphatic heterocycles. The fourth-order valence-corrected chi connectivity index (χ4v) is 2.67. The molecule has 130 valence electrons. The second-order valence-corrected chi connectivity index (χ2v) is 5.71. The fourth-order valence-electron chi connectivity index (χ4n) is 2.67. The van der Waals surface area contributed by atoms with Crippen molar-refractivity contribution in [2.75, 3.05) is 5.32 Å². The molecule has 0 radical (unpaired) electrons. The van der Waals surface area contributed by atoms with Crippen LogP contribution in [0.3, 0.4) is 0 Å². The normalized spacial score (nSPS) is 10.3. The molecule has 1 N–H and O–H groups in total. The van der Waals surface area contributed by atoms with Gasteiger partial charge in [0.25, 0.3) is 5.91 Å². The number of pyridine rings is 1. The summed E-state index contributed by atoms with van der Waals surface area (Å²) in [4.78, 5) is 16.9. The first-order valence-corrected chi connectivity index (χ1v) is 8.20. The second-order valence-electron chi connectivity index (χ2n) is 5.71. The Morgan fingerprint density at radius 3 is 2.48 bits per heavy atom. The Kier molecular flexibility index (Phi) is 4.21. The molecule has 0 saturated carbocycles. The van der Waals surface area contributed by atoms with Crippen molar-refractivity contribution in [2.45, 2.75) is 0 Å². The Labute approximate surface area is 155 Å². The molecular formula is C20H14N6O. The van der Waals surface area contributed by atoms with Crippen LogP contribution in [-0.4, -0.2) is 25.2 Å². The molecule has 1 amide bonds. The third-order valence-corrected chi connectivity index (χ3v) is 4.02. The van der Waals surface area contributed by atoms with Gasteiger partial charge in [0, 0.05) is 29.8 Å². The average Bonchev–Trinajstić information content (AvgIpc) is 3.39. The summed E-state index contributed by atoms with van der Waals surface area (Å²) in [6.07, 6.45) is 6.88. The molecule has 0 saturated heterocycles. The van der Waals surface area contributed by atoms with Crippen molar-refractivity contribution in [2.24, 2.45) is 0 Å². The van der Waals surface area contributed by atoms with Gasteiger partial charge in [-0.2, -0.15) is 15.0 Å². The van der Waals surface area contributed by atoms with Gasteiger partial charge in [-0.3, -0.25) is 4.79 Å². The van der Waals surface area contributed by atoms with Crippen molar-refractivity contribution in [1.29, 1.82) is 5.26 Å². The van der Waals surface area contributed by atoms with Gasteiger partial charge in [-0.25, -0.2) is 4.98 Å². The van der Waals surface area contributed by atoms with Crippen molar-refractivity contribution in [3.05, 3.63) is 90.5 Å². The molecule has 0 unspecified atom stereocenters. The van der Waals surface area contributed by atoms with Crippen LogP contribution in [0.5, 0.6) is 0 Å². The Bertz CT molecular complexity index is 1110. The lowest BCUT2D eigenvalue weighted by atomic mass is 10.2. The number of benzene rings is 1. The number of rotatable bonds is 4. The average molecular weight is 354 g/mol. The lowest BCUT2D eigenvalue weighted by molar-refractivity contribution is 0.102. The maximum atomic E-state index is 12.7. The summed E-state index contributed by atoms with van der Waals surface area (Å²) in [5.74, 6) is 0.469. The topological polar surface area (TPSA) is 88.5 Å². The summed E-state index contributed by atoms with van der Waals surface area (Å²) >= 11 is 0. The van der Waals surface area contributed by atoms with Crippen LogP contribution in [0.15, 0.2) is 79.4 Å². The molecule has 0 fully saturated rings. The van der Waals surface area contributed by atoms with Crippen LogP contribution in [0.2, 0.25) is 0 Å². The highest BCUT2D eigenvalue weighted by atomic mass is 16.1. The standard InChI is InChI=1S/C20H14N6O/c21-13-16-14-23-26(18-5-1-2-10-22-18)19(16)24-20(27)15-6-8-17(9-7-15)25-11-3-4-12-25/h1-12,14H,(H,24,27). The molecule has 0 atom stereocenters. The van der Waals surface area contributed by atoms with E-state index < -0.39 is 0 Å². The molecule has 0 aliphatic carbocycles. The molecule has 3 heterocycles. The Morgan fingerprint density at radius 1 is 1.04 bits per heavy atom. The number of nitrogens with zero attached hydrogens (tertiary/aromatic N) is 5.